The molecule has 0 aliphatic carbocycles. The van der Waals surface area contributed by atoms with Gasteiger partial charge < -0.3 is 9.64 Å². The second-order valence-electron chi connectivity index (χ2n) is 6.79. The van der Waals surface area contributed by atoms with E-state index in [1.54, 1.807) is 35.2 Å². The molecule has 4 rings (SSSR count). The second kappa shape index (κ2) is 7.69. The normalized spacial score (nSPS) is 15.6. The van der Waals surface area contributed by atoms with E-state index in [2.05, 4.69) is 8.75 Å². The molecule has 3 aromatic rings. The van der Waals surface area contributed by atoms with Gasteiger partial charge in [0.1, 0.15) is 21.7 Å². The number of aryl methyl sites for hydroxylation is 1. The van der Waals surface area contributed by atoms with E-state index in [0.29, 0.717) is 35.4 Å². The Bertz CT molecular complexity index is 1170. The first-order valence-electron chi connectivity index (χ1n) is 9.07. The molecular weight excluding hydrogens is 412 g/mol. The van der Waals surface area contributed by atoms with Crippen molar-refractivity contribution in [1.82, 2.24) is 18.0 Å². The SMILES string of the molecule is COc1ccc(C)cc1C(=O)N1CCN(S(=O)(=O)c2cccc3nsnc23)CC1. The topological polar surface area (TPSA) is 92.7 Å². The summed E-state index contributed by atoms with van der Waals surface area (Å²) in [4.78, 5) is 14.8. The van der Waals surface area contributed by atoms with Crippen LogP contribution in [0, 0.1) is 6.92 Å². The standard InChI is InChI=1S/C19H20N4O4S2/c1-13-6-7-16(27-2)14(12-13)19(24)22-8-10-23(11-9-22)29(25,26)17-5-3-4-15-18(17)21-28-20-15/h3-7,12H,8-11H2,1-2H3. The maximum atomic E-state index is 13.1. The van der Waals surface area contributed by atoms with E-state index in [-0.39, 0.29) is 23.9 Å². The molecule has 0 radical (unpaired) electrons. The zero-order valence-electron chi connectivity index (χ0n) is 16.0. The van der Waals surface area contributed by atoms with Gasteiger partial charge in [-0.3, -0.25) is 4.79 Å². The molecule has 8 nitrogen and oxygen atoms in total. The number of carbonyl (C=O) groups excluding carboxylic acids is 1. The predicted molar refractivity (Wildman–Crippen MR) is 110 cm³/mol. The lowest BCUT2D eigenvalue weighted by Crippen LogP contribution is -2.50. The molecule has 1 fully saturated rings. The van der Waals surface area contributed by atoms with Crippen LogP contribution in [-0.4, -0.2) is 65.6 Å². The number of hydrogen-bond acceptors (Lipinski definition) is 7. The molecule has 10 heteroatoms. The maximum absolute atomic E-state index is 13.1. The number of hydrogen-bond donors (Lipinski definition) is 0. The Morgan fingerprint density at radius 3 is 2.59 bits per heavy atom. The Kier molecular flexibility index (Phi) is 5.24. The van der Waals surface area contributed by atoms with E-state index in [0.717, 1.165) is 17.3 Å². The molecule has 1 aromatic heterocycles. The third kappa shape index (κ3) is 3.59. The van der Waals surface area contributed by atoms with Gasteiger partial charge in [0.05, 0.1) is 24.4 Å². The van der Waals surface area contributed by atoms with Crippen LogP contribution in [-0.2, 0) is 10.0 Å². The van der Waals surface area contributed by atoms with E-state index in [1.807, 2.05) is 13.0 Å². The highest BCUT2D eigenvalue weighted by Crippen LogP contribution is 2.26. The fraction of sp³-hybridized carbons (Fsp3) is 0.316. The Labute approximate surface area is 173 Å². The van der Waals surface area contributed by atoms with Crippen molar-refractivity contribution in [3.05, 3.63) is 47.5 Å². The van der Waals surface area contributed by atoms with Crippen molar-refractivity contribution in [1.29, 1.82) is 0 Å². The highest BCUT2D eigenvalue weighted by molar-refractivity contribution is 7.89. The molecule has 0 saturated carbocycles. The number of amides is 1. The van der Waals surface area contributed by atoms with Gasteiger partial charge >= 0.3 is 0 Å². The molecule has 0 atom stereocenters. The summed E-state index contributed by atoms with van der Waals surface area (Å²) in [5.74, 6) is 0.353. The first-order valence-corrected chi connectivity index (χ1v) is 11.2. The number of piperazine rings is 1. The van der Waals surface area contributed by atoms with E-state index in [9.17, 15) is 13.2 Å². The summed E-state index contributed by atoms with van der Waals surface area (Å²) >= 11 is 0.989. The fourth-order valence-corrected chi connectivity index (χ4v) is 5.59. The molecule has 152 valence electrons. The van der Waals surface area contributed by atoms with Crippen molar-refractivity contribution in [3.63, 3.8) is 0 Å². The zero-order chi connectivity index (χ0) is 20.6. The predicted octanol–water partition coefficient (Wildman–Crippen LogP) is 2.16. The smallest absolute Gasteiger partial charge is 0.257 e. The van der Waals surface area contributed by atoms with Crippen molar-refractivity contribution in [3.8, 4) is 5.75 Å². The highest BCUT2D eigenvalue weighted by atomic mass is 32.2. The summed E-state index contributed by atoms with van der Waals surface area (Å²) in [5.41, 5.74) is 2.40. The van der Waals surface area contributed by atoms with Crippen LogP contribution < -0.4 is 4.74 Å². The molecule has 0 unspecified atom stereocenters. The molecule has 0 bridgehead atoms. The zero-order valence-corrected chi connectivity index (χ0v) is 17.7. The van der Waals surface area contributed by atoms with Gasteiger partial charge in [-0.25, -0.2) is 8.42 Å². The molecule has 2 aromatic carbocycles. The lowest BCUT2D eigenvalue weighted by atomic mass is 10.1. The Morgan fingerprint density at radius 2 is 1.86 bits per heavy atom. The fourth-order valence-electron chi connectivity index (χ4n) is 3.42. The van der Waals surface area contributed by atoms with Gasteiger partial charge in [0.2, 0.25) is 10.0 Å². The number of benzene rings is 2. The molecule has 29 heavy (non-hydrogen) atoms. The average Bonchev–Trinajstić information content (AvgIpc) is 3.22. The lowest BCUT2D eigenvalue weighted by Gasteiger charge is -2.34. The molecule has 2 heterocycles. The third-order valence-corrected chi connectivity index (χ3v) is 7.45. The van der Waals surface area contributed by atoms with Crippen molar-refractivity contribution in [2.75, 3.05) is 33.3 Å². The Hall–Kier alpha value is -2.56. The van der Waals surface area contributed by atoms with Gasteiger partial charge in [-0.05, 0) is 31.2 Å². The number of ether oxygens (including phenoxy) is 1. The van der Waals surface area contributed by atoms with Gasteiger partial charge in [0.15, 0.2) is 0 Å². The molecule has 1 aliphatic heterocycles. The number of methoxy groups -OCH3 is 1. The Morgan fingerprint density at radius 1 is 1.10 bits per heavy atom. The van der Waals surface area contributed by atoms with E-state index in [1.165, 1.54) is 11.4 Å². The molecule has 1 aliphatic rings. The first-order chi connectivity index (χ1) is 13.9. The second-order valence-corrected chi connectivity index (χ2v) is 9.22. The van der Waals surface area contributed by atoms with Gasteiger partial charge in [-0.15, -0.1) is 0 Å². The number of sulfonamides is 1. The molecule has 1 saturated heterocycles. The van der Waals surface area contributed by atoms with Crippen LogP contribution in [0.5, 0.6) is 5.75 Å². The maximum Gasteiger partial charge on any atom is 0.257 e. The summed E-state index contributed by atoms with van der Waals surface area (Å²) in [7, 11) is -2.19. The highest BCUT2D eigenvalue weighted by Gasteiger charge is 2.32. The number of carbonyl (C=O) groups is 1. The van der Waals surface area contributed by atoms with Crippen LogP contribution in [0.25, 0.3) is 11.0 Å². The van der Waals surface area contributed by atoms with Gasteiger partial charge in [0, 0.05) is 26.2 Å². The van der Waals surface area contributed by atoms with Crippen LogP contribution in [0.4, 0.5) is 0 Å². The van der Waals surface area contributed by atoms with Crippen LogP contribution >= 0.6 is 11.7 Å². The number of aromatic nitrogens is 2. The minimum absolute atomic E-state index is 0.156. The summed E-state index contributed by atoms with van der Waals surface area (Å²) in [6, 6.07) is 10.4. The van der Waals surface area contributed by atoms with Crippen LogP contribution in [0.3, 0.4) is 0 Å². The quantitative estimate of drug-likeness (QED) is 0.627. The molecule has 0 spiro atoms. The first kappa shape index (κ1) is 19.7. The summed E-state index contributed by atoms with van der Waals surface area (Å²) in [5, 5.41) is 0. The molecule has 1 amide bonds. The van der Waals surface area contributed by atoms with E-state index < -0.39 is 10.0 Å². The van der Waals surface area contributed by atoms with Crippen LogP contribution in [0.2, 0.25) is 0 Å². The average molecular weight is 433 g/mol. The van der Waals surface area contributed by atoms with E-state index in [4.69, 9.17) is 4.74 Å². The van der Waals surface area contributed by atoms with Crippen molar-refractivity contribution in [2.24, 2.45) is 0 Å². The number of rotatable bonds is 4. The van der Waals surface area contributed by atoms with Crippen molar-refractivity contribution >= 4 is 38.7 Å². The van der Waals surface area contributed by atoms with Gasteiger partial charge in [-0.2, -0.15) is 13.1 Å². The van der Waals surface area contributed by atoms with Crippen molar-refractivity contribution in [2.45, 2.75) is 11.8 Å². The summed E-state index contributed by atoms with van der Waals surface area (Å²) in [6.45, 7) is 2.96. The van der Waals surface area contributed by atoms with Crippen LogP contribution in [0.1, 0.15) is 15.9 Å². The van der Waals surface area contributed by atoms with Crippen LogP contribution in [0.15, 0.2) is 41.3 Å². The minimum Gasteiger partial charge on any atom is -0.496 e. The number of fused-ring (bicyclic) bond motifs is 1. The molecule has 0 N–H and O–H groups in total. The van der Waals surface area contributed by atoms with Gasteiger partial charge in [-0.1, -0.05) is 17.7 Å². The largest absolute Gasteiger partial charge is 0.496 e. The lowest BCUT2D eigenvalue weighted by molar-refractivity contribution is 0.0694. The summed E-state index contributed by atoms with van der Waals surface area (Å²) in [6.07, 6.45) is 0. The Balaban J connectivity index is 1.53. The van der Waals surface area contributed by atoms with Gasteiger partial charge in [0.25, 0.3) is 5.91 Å². The van der Waals surface area contributed by atoms with Crippen molar-refractivity contribution < 1.29 is 17.9 Å². The minimum atomic E-state index is -3.72. The number of nitrogens with zero attached hydrogens (tertiary/aromatic N) is 4. The third-order valence-electron chi connectivity index (χ3n) is 4.98. The monoisotopic (exact) mass is 432 g/mol. The molecular formula is C19H20N4O4S2. The summed E-state index contributed by atoms with van der Waals surface area (Å²) < 4.78 is 41.2. The van der Waals surface area contributed by atoms with E-state index >= 15 is 0 Å².